The smallest absolute Gasteiger partial charge is 0.462 e. The predicted molar refractivity (Wildman–Crippen MR) is 60.6 cm³/mol. The summed E-state index contributed by atoms with van der Waals surface area (Å²) in [5, 5.41) is 31.3. The normalized spacial score (nSPS) is 12.3. The summed E-state index contributed by atoms with van der Waals surface area (Å²) >= 11 is 0. The van der Waals surface area contributed by atoms with Gasteiger partial charge in [0.1, 0.15) is 12.8 Å². The van der Waals surface area contributed by atoms with E-state index >= 15 is 0 Å². The van der Waals surface area contributed by atoms with Crippen LogP contribution in [0.2, 0.25) is 0 Å². The number of ether oxygens (including phenoxy) is 2. The number of aliphatic hydroxyl groups is 1. The molecule has 0 rings (SSSR count). The van der Waals surface area contributed by atoms with Crippen LogP contribution in [0.4, 0.5) is 0 Å². The minimum atomic E-state index is -2.87. The molecule has 0 aromatic heterocycles. The molecule has 0 aromatic carbocycles. The highest BCUT2D eigenvalue weighted by atomic mass is 16.7. The molecule has 0 heterocycles. The molecule has 20 heavy (non-hydrogen) atoms. The van der Waals surface area contributed by atoms with Crippen molar-refractivity contribution in [1.82, 2.24) is 0 Å². The van der Waals surface area contributed by atoms with Gasteiger partial charge in [-0.3, -0.25) is 25.0 Å². The Bertz CT molecular complexity index is 394. The topological polar surface area (TPSA) is 159 Å². The zero-order chi connectivity index (χ0) is 15.9. The third-order valence-corrected chi connectivity index (χ3v) is 2.63. The molecule has 0 radical (unpaired) electrons. The van der Waals surface area contributed by atoms with Gasteiger partial charge in [0, 0.05) is 0 Å². The number of aliphatic hydroxyl groups excluding tert-OH is 1. The van der Waals surface area contributed by atoms with E-state index in [-0.39, 0.29) is 0 Å². The molecule has 0 unspecified atom stereocenters. The molecule has 0 fully saturated rings. The van der Waals surface area contributed by atoms with Crippen molar-refractivity contribution in [2.75, 3.05) is 14.2 Å². The van der Waals surface area contributed by atoms with Crippen LogP contribution in [0.3, 0.4) is 0 Å². The summed E-state index contributed by atoms with van der Waals surface area (Å²) in [5.41, 5.74) is -2.87. The number of hydrogen-bond donors (Lipinski definition) is 1. The van der Waals surface area contributed by atoms with Crippen molar-refractivity contribution < 1.29 is 34.0 Å². The van der Waals surface area contributed by atoms with E-state index in [1.807, 2.05) is 0 Å². The second-order valence-electron chi connectivity index (χ2n) is 3.82. The SMILES string of the molecule is COC(=O)CCC(C[C@@H](O)C(=O)OC)([N+](=O)[O-])[N+](=O)[O-]. The van der Waals surface area contributed by atoms with Crippen molar-refractivity contribution in [2.24, 2.45) is 0 Å². The zero-order valence-corrected chi connectivity index (χ0v) is 10.8. The van der Waals surface area contributed by atoms with Crippen molar-refractivity contribution in [2.45, 2.75) is 31.0 Å². The molecule has 1 atom stereocenters. The monoisotopic (exact) mass is 294 g/mol. The molecule has 11 nitrogen and oxygen atoms in total. The van der Waals surface area contributed by atoms with Crippen LogP contribution >= 0.6 is 0 Å². The standard InChI is InChI=1S/C9H14N2O9/c1-19-7(13)3-4-9(10(15)16,11(17)18)5-6(12)8(14)20-2/h6,12H,3-5H2,1-2H3/t6-/m1/s1. The third-order valence-electron chi connectivity index (χ3n) is 2.63. The lowest BCUT2D eigenvalue weighted by molar-refractivity contribution is -0.799. The van der Waals surface area contributed by atoms with E-state index < -0.39 is 52.8 Å². The molecule has 1 N–H and O–H groups in total. The molecular formula is C9H14N2O9. The lowest BCUT2D eigenvalue weighted by Crippen LogP contribution is -2.50. The van der Waals surface area contributed by atoms with Crippen molar-refractivity contribution in [1.29, 1.82) is 0 Å². The van der Waals surface area contributed by atoms with Gasteiger partial charge in [-0.15, -0.1) is 0 Å². The summed E-state index contributed by atoms with van der Waals surface area (Å²) in [5.74, 6) is -2.12. The number of methoxy groups -OCH3 is 2. The molecule has 0 aliphatic rings. The molecule has 0 aliphatic heterocycles. The van der Waals surface area contributed by atoms with Gasteiger partial charge in [-0.25, -0.2) is 4.79 Å². The first-order valence-corrected chi connectivity index (χ1v) is 5.33. The highest BCUT2D eigenvalue weighted by Gasteiger charge is 2.58. The highest BCUT2D eigenvalue weighted by Crippen LogP contribution is 2.25. The fourth-order valence-electron chi connectivity index (χ4n) is 1.43. The number of esters is 2. The zero-order valence-electron chi connectivity index (χ0n) is 10.8. The van der Waals surface area contributed by atoms with Crippen molar-refractivity contribution in [3.8, 4) is 0 Å². The minimum Gasteiger partial charge on any atom is -0.469 e. The second-order valence-corrected chi connectivity index (χ2v) is 3.82. The molecule has 0 bridgehead atoms. The summed E-state index contributed by atoms with van der Waals surface area (Å²) in [6.45, 7) is 0. The maximum atomic E-state index is 11.0. The van der Waals surface area contributed by atoms with Gasteiger partial charge in [-0.05, 0) is 0 Å². The molecule has 0 saturated heterocycles. The van der Waals surface area contributed by atoms with Crippen LogP contribution in [0, 0.1) is 20.2 Å². The largest absolute Gasteiger partial charge is 0.469 e. The molecule has 0 saturated carbocycles. The lowest BCUT2D eigenvalue weighted by Gasteiger charge is -2.18. The second kappa shape index (κ2) is 7.33. The molecule has 114 valence electrons. The first-order valence-electron chi connectivity index (χ1n) is 5.33. The number of rotatable bonds is 8. The summed E-state index contributed by atoms with van der Waals surface area (Å²) in [6, 6.07) is 0. The Labute approximate surface area is 112 Å². The number of carbonyl (C=O) groups is 2. The molecule has 11 heteroatoms. The first-order chi connectivity index (χ1) is 9.21. The van der Waals surface area contributed by atoms with Gasteiger partial charge in [0.15, 0.2) is 6.10 Å². The van der Waals surface area contributed by atoms with Gasteiger partial charge in [0.25, 0.3) is 0 Å². The fraction of sp³-hybridized carbons (Fsp3) is 0.778. The Morgan fingerprint density at radius 2 is 1.70 bits per heavy atom. The molecule has 0 aromatic rings. The van der Waals surface area contributed by atoms with Crippen LogP contribution in [0.1, 0.15) is 19.3 Å². The number of carbonyl (C=O) groups excluding carboxylic acids is 2. The quantitative estimate of drug-likeness (QED) is 0.259. The maximum absolute atomic E-state index is 11.0. The van der Waals surface area contributed by atoms with Gasteiger partial charge < -0.3 is 14.6 Å². The number of nitro groups is 2. The highest BCUT2D eigenvalue weighted by molar-refractivity contribution is 5.74. The van der Waals surface area contributed by atoms with E-state index in [0.29, 0.717) is 0 Å². The van der Waals surface area contributed by atoms with Crippen molar-refractivity contribution in [3.63, 3.8) is 0 Å². The Morgan fingerprint density at radius 1 is 1.20 bits per heavy atom. The minimum absolute atomic E-state index is 0.605. The van der Waals surface area contributed by atoms with Crippen LogP contribution in [-0.2, 0) is 19.1 Å². The van der Waals surface area contributed by atoms with E-state index in [9.17, 15) is 34.9 Å². The average Bonchev–Trinajstić information content (AvgIpc) is 2.40. The summed E-state index contributed by atoms with van der Waals surface area (Å²) < 4.78 is 8.38. The number of hydrogen-bond acceptors (Lipinski definition) is 9. The predicted octanol–water partition coefficient (Wildman–Crippen LogP) is -0.887. The Morgan fingerprint density at radius 3 is 2.05 bits per heavy atom. The van der Waals surface area contributed by atoms with Gasteiger partial charge >= 0.3 is 17.6 Å². The first kappa shape index (κ1) is 17.7. The van der Waals surface area contributed by atoms with Crippen molar-refractivity contribution >= 4 is 11.9 Å². The Balaban J connectivity index is 5.23. The summed E-state index contributed by atoms with van der Waals surface area (Å²) in [6.07, 6.45) is -4.59. The summed E-state index contributed by atoms with van der Waals surface area (Å²) in [4.78, 5) is 41.4. The van der Waals surface area contributed by atoms with E-state index in [4.69, 9.17) is 0 Å². The Hall–Kier alpha value is -2.30. The fourth-order valence-corrected chi connectivity index (χ4v) is 1.43. The molecule has 0 amide bonds. The molecule has 0 aliphatic carbocycles. The summed E-state index contributed by atoms with van der Waals surface area (Å²) in [7, 11) is 1.94. The van der Waals surface area contributed by atoms with Gasteiger partial charge in [-0.2, -0.15) is 0 Å². The Kier molecular flexibility index (Phi) is 6.49. The third kappa shape index (κ3) is 4.12. The van der Waals surface area contributed by atoms with E-state index in [1.54, 1.807) is 0 Å². The maximum Gasteiger partial charge on any atom is 0.462 e. The lowest BCUT2D eigenvalue weighted by atomic mass is 9.97. The van der Waals surface area contributed by atoms with Gasteiger partial charge in [-0.1, -0.05) is 0 Å². The van der Waals surface area contributed by atoms with Crippen LogP contribution in [0.25, 0.3) is 0 Å². The van der Waals surface area contributed by atoms with Gasteiger partial charge in [0.2, 0.25) is 0 Å². The average molecular weight is 294 g/mol. The number of nitrogens with zero attached hydrogens (tertiary/aromatic N) is 2. The van der Waals surface area contributed by atoms with Crippen LogP contribution in [0.15, 0.2) is 0 Å². The van der Waals surface area contributed by atoms with Gasteiger partial charge in [0.05, 0.1) is 30.5 Å². The van der Waals surface area contributed by atoms with Crippen LogP contribution in [-0.4, -0.2) is 52.9 Å². The van der Waals surface area contributed by atoms with E-state index in [2.05, 4.69) is 9.47 Å². The molecular weight excluding hydrogens is 280 g/mol. The van der Waals surface area contributed by atoms with Crippen LogP contribution < -0.4 is 0 Å². The van der Waals surface area contributed by atoms with E-state index in [0.717, 1.165) is 14.2 Å². The van der Waals surface area contributed by atoms with Crippen molar-refractivity contribution in [3.05, 3.63) is 20.2 Å². The molecule has 0 spiro atoms. The van der Waals surface area contributed by atoms with Crippen LogP contribution in [0.5, 0.6) is 0 Å². The van der Waals surface area contributed by atoms with E-state index in [1.165, 1.54) is 0 Å².